The first-order chi connectivity index (χ1) is 24.6. The molecule has 12 heteroatoms. The van der Waals surface area contributed by atoms with Gasteiger partial charge in [0.05, 0.1) is 58.2 Å². The Kier molecular flexibility index (Phi) is 13.9. The third-order valence-electron chi connectivity index (χ3n) is 8.81. The summed E-state index contributed by atoms with van der Waals surface area (Å²) in [6.45, 7) is 4.62. The van der Waals surface area contributed by atoms with Crippen molar-refractivity contribution in [3.05, 3.63) is 110 Å². The monoisotopic (exact) mass is 753 g/mol. The SMILES string of the molecule is CC(CO)(CO)NCc1cc(Cl)c(OCc2cccc(-c3cccc(OCCCN4CCC(O)C4)c3Cl)c2Cl)cc1OCc1cccc(C#N)c1. The number of likely N-dealkylation sites (tertiary alicyclic amines) is 1. The summed E-state index contributed by atoms with van der Waals surface area (Å²) in [7, 11) is 0. The number of halogens is 3. The molecule has 51 heavy (non-hydrogen) atoms. The summed E-state index contributed by atoms with van der Waals surface area (Å²) >= 11 is 20.5. The summed E-state index contributed by atoms with van der Waals surface area (Å²) in [6, 6.07) is 23.9. The first-order valence-electron chi connectivity index (χ1n) is 16.8. The predicted molar refractivity (Wildman–Crippen MR) is 200 cm³/mol. The van der Waals surface area contributed by atoms with Crippen molar-refractivity contribution >= 4 is 34.8 Å². The topological polar surface area (TPSA) is 127 Å². The molecule has 0 radical (unpaired) electrons. The third kappa shape index (κ3) is 10.3. The Hall–Kier alpha value is -3.56. The maximum atomic E-state index is 9.78. The summed E-state index contributed by atoms with van der Waals surface area (Å²) in [5, 5.41) is 43.1. The van der Waals surface area contributed by atoms with Crippen LogP contribution in [0.3, 0.4) is 0 Å². The van der Waals surface area contributed by atoms with Gasteiger partial charge in [-0.25, -0.2) is 0 Å². The minimum Gasteiger partial charge on any atom is -0.492 e. The van der Waals surface area contributed by atoms with E-state index in [9.17, 15) is 20.6 Å². The lowest BCUT2D eigenvalue weighted by molar-refractivity contribution is 0.103. The summed E-state index contributed by atoms with van der Waals surface area (Å²) in [6.07, 6.45) is 1.38. The van der Waals surface area contributed by atoms with Crippen molar-refractivity contribution in [2.24, 2.45) is 0 Å². The smallest absolute Gasteiger partial charge is 0.142 e. The van der Waals surface area contributed by atoms with Crippen molar-refractivity contribution < 1.29 is 29.5 Å². The highest BCUT2D eigenvalue weighted by Crippen LogP contribution is 2.40. The number of aliphatic hydroxyl groups is 3. The highest BCUT2D eigenvalue weighted by Gasteiger charge is 2.23. The molecular weight excluding hydrogens is 713 g/mol. The normalized spacial score (nSPS) is 14.7. The second-order valence-electron chi connectivity index (χ2n) is 12.9. The summed E-state index contributed by atoms with van der Waals surface area (Å²) in [5.74, 6) is 1.41. The first-order valence-corrected chi connectivity index (χ1v) is 17.9. The Bertz CT molecular complexity index is 1830. The molecule has 0 aliphatic carbocycles. The summed E-state index contributed by atoms with van der Waals surface area (Å²) < 4.78 is 18.5. The van der Waals surface area contributed by atoms with E-state index in [0.717, 1.165) is 42.6 Å². The fourth-order valence-corrected chi connectivity index (χ4v) is 6.50. The van der Waals surface area contributed by atoms with E-state index < -0.39 is 5.54 Å². The van der Waals surface area contributed by atoms with Crippen molar-refractivity contribution in [2.75, 3.05) is 39.5 Å². The van der Waals surface area contributed by atoms with Gasteiger partial charge in [0, 0.05) is 54.5 Å². The standard InChI is InChI=1S/C39H42Cl3N3O6/c1-39(24-46,25-47)44-20-29-17-33(40)36(18-35(29)50-22-27-7-2-6-26(16-27)19-43)51-23-28-8-3-9-31(37(28)41)32-10-4-11-34(38(32)42)49-15-5-13-45-14-12-30(48)21-45/h2-4,6-11,16-18,30,44,46-48H,5,12-15,20-25H2,1H3. The van der Waals surface area contributed by atoms with E-state index in [4.69, 9.17) is 49.0 Å². The molecule has 1 heterocycles. The minimum atomic E-state index is -0.922. The number of β-amino-alcohol motifs (C(OH)–C–C–N with tert-alkyl or cyclic N) is 1. The molecule has 0 spiro atoms. The molecular formula is C39H42Cl3N3O6. The lowest BCUT2D eigenvalue weighted by atomic mass is 10.0. The lowest BCUT2D eigenvalue weighted by Gasteiger charge is -2.27. The van der Waals surface area contributed by atoms with E-state index in [-0.39, 0.29) is 39.1 Å². The van der Waals surface area contributed by atoms with Gasteiger partial charge in [0.25, 0.3) is 0 Å². The molecule has 1 aliphatic heterocycles. The van der Waals surface area contributed by atoms with Gasteiger partial charge in [0.2, 0.25) is 0 Å². The van der Waals surface area contributed by atoms with Gasteiger partial charge in [-0.3, -0.25) is 0 Å². The van der Waals surface area contributed by atoms with Crippen LogP contribution in [0.5, 0.6) is 17.2 Å². The third-order valence-corrected chi connectivity index (χ3v) is 9.94. The highest BCUT2D eigenvalue weighted by atomic mass is 35.5. The van der Waals surface area contributed by atoms with Crippen LogP contribution in [0.25, 0.3) is 11.1 Å². The number of hydrogen-bond donors (Lipinski definition) is 4. The van der Waals surface area contributed by atoms with Gasteiger partial charge in [-0.05, 0) is 49.6 Å². The average molecular weight is 755 g/mol. The van der Waals surface area contributed by atoms with Crippen LogP contribution < -0.4 is 19.5 Å². The molecule has 270 valence electrons. The van der Waals surface area contributed by atoms with Gasteiger partial charge in [0.15, 0.2) is 0 Å². The molecule has 0 amide bonds. The molecule has 9 nitrogen and oxygen atoms in total. The van der Waals surface area contributed by atoms with E-state index in [1.54, 1.807) is 37.3 Å². The maximum absolute atomic E-state index is 9.78. The summed E-state index contributed by atoms with van der Waals surface area (Å²) in [5.41, 5.74) is 3.26. The number of hydrogen-bond acceptors (Lipinski definition) is 9. The van der Waals surface area contributed by atoms with Crippen molar-refractivity contribution in [3.63, 3.8) is 0 Å². The molecule has 4 aromatic carbocycles. The molecule has 1 unspecified atom stereocenters. The molecule has 0 saturated carbocycles. The van der Waals surface area contributed by atoms with Gasteiger partial charge in [-0.15, -0.1) is 0 Å². The molecule has 0 bridgehead atoms. The van der Waals surface area contributed by atoms with Crippen LogP contribution in [0.2, 0.25) is 15.1 Å². The largest absolute Gasteiger partial charge is 0.492 e. The summed E-state index contributed by atoms with van der Waals surface area (Å²) in [4.78, 5) is 2.23. The molecule has 0 aromatic heterocycles. The number of nitrogens with zero attached hydrogens (tertiary/aromatic N) is 2. The molecule has 4 aromatic rings. The molecule has 1 fully saturated rings. The fraction of sp³-hybridized carbons (Fsp3) is 0.359. The van der Waals surface area contributed by atoms with E-state index in [1.165, 1.54) is 0 Å². The lowest BCUT2D eigenvalue weighted by Crippen LogP contribution is -2.48. The first kappa shape index (κ1) is 38.7. The van der Waals surface area contributed by atoms with Crippen LogP contribution >= 0.6 is 34.8 Å². The Morgan fingerprint density at radius 1 is 0.863 bits per heavy atom. The predicted octanol–water partition coefficient (Wildman–Crippen LogP) is 7.01. The second kappa shape index (κ2) is 18.3. The molecule has 5 rings (SSSR count). The zero-order chi connectivity index (χ0) is 36.4. The van der Waals surface area contributed by atoms with E-state index in [2.05, 4.69) is 16.3 Å². The van der Waals surface area contributed by atoms with E-state index in [1.807, 2.05) is 42.5 Å². The van der Waals surface area contributed by atoms with E-state index in [0.29, 0.717) is 62.2 Å². The van der Waals surface area contributed by atoms with Crippen LogP contribution in [0.4, 0.5) is 0 Å². The molecule has 1 atom stereocenters. The highest BCUT2D eigenvalue weighted by molar-refractivity contribution is 6.37. The van der Waals surface area contributed by atoms with Gasteiger partial charge >= 0.3 is 0 Å². The Labute approximate surface area is 313 Å². The fourth-order valence-electron chi connectivity index (χ4n) is 5.69. The zero-order valence-electron chi connectivity index (χ0n) is 28.4. The van der Waals surface area contributed by atoms with Crippen LogP contribution in [0.1, 0.15) is 42.0 Å². The molecule has 4 N–H and O–H groups in total. The van der Waals surface area contributed by atoms with Crippen molar-refractivity contribution in [2.45, 2.75) is 51.2 Å². The van der Waals surface area contributed by atoms with Gasteiger partial charge in [-0.1, -0.05) is 77.3 Å². The van der Waals surface area contributed by atoms with Crippen molar-refractivity contribution in [1.29, 1.82) is 5.26 Å². The molecule has 1 saturated heterocycles. The Balaban J connectivity index is 1.31. The quantitative estimate of drug-likeness (QED) is 0.0843. The van der Waals surface area contributed by atoms with Crippen LogP contribution in [-0.2, 0) is 19.8 Å². The van der Waals surface area contributed by atoms with Crippen molar-refractivity contribution in [1.82, 2.24) is 10.2 Å². The maximum Gasteiger partial charge on any atom is 0.142 e. The number of rotatable bonds is 17. The number of nitriles is 1. The zero-order valence-corrected chi connectivity index (χ0v) is 30.6. The van der Waals surface area contributed by atoms with Crippen LogP contribution in [0, 0.1) is 11.3 Å². The minimum absolute atomic E-state index is 0.0970. The molecule has 1 aliphatic rings. The number of benzene rings is 4. The second-order valence-corrected chi connectivity index (χ2v) is 14.0. The van der Waals surface area contributed by atoms with Crippen molar-refractivity contribution in [3.8, 4) is 34.4 Å². The number of ether oxygens (including phenoxy) is 3. The van der Waals surface area contributed by atoms with E-state index >= 15 is 0 Å². The van der Waals surface area contributed by atoms with Gasteiger partial charge in [-0.2, -0.15) is 5.26 Å². The number of nitrogens with one attached hydrogen (secondary N) is 1. The Morgan fingerprint density at radius 3 is 2.31 bits per heavy atom. The van der Waals surface area contributed by atoms with Crippen LogP contribution in [0.15, 0.2) is 72.8 Å². The average Bonchev–Trinajstić information content (AvgIpc) is 3.57. The van der Waals surface area contributed by atoms with Gasteiger partial charge < -0.3 is 39.7 Å². The van der Waals surface area contributed by atoms with Gasteiger partial charge in [0.1, 0.15) is 30.5 Å². The number of aliphatic hydroxyl groups excluding tert-OH is 3. The van der Waals surface area contributed by atoms with Crippen LogP contribution in [-0.4, -0.2) is 71.3 Å². The Morgan fingerprint density at radius 2 is 1.59 bits per heavy atom.